The van der Waals surface area contributed by atoms with E-state index in [4.69, 9.17) is 22.1 Å². The van der Waals surface area contributed by atoms with E-state index < -0.39 is 0 Å². The zero-order valence-corrected chi connectivity index (χ0v) is 11.3. The maximum absolute atomic E-state index is 13.3. The van der Waals surface area contributed by atoms with Gasteiger partial charge in [0.15, 0.2) is 0 Å². The molecule has 0 bridgehead atoms. The third-order valence-corrected chi connectivity index (χ3v) is 2.95. The molecule has 2 aromatic rings. The number of nitrogens with two attached hydrogens (primary N) is 1. The molecule has 0 heterocycles. The van der Waals surface area contributed by atoms with Gasteiger partial charge in [0.2, 0.25) is 0 Å². The molecule has 4 heteroatoms. The number of ether oxygens (including phenoxy) is 1. The Labute approximate surface area is 117 Å². The van der Waals surface area contributed by atoms with Crippen LogP contribution < -0.4 is 10.5 Å². The van der Waals surface area contributed by atoms with Gasteiger partial charge in [0.1, 0.15) is 18.2 Å². The summed E-state index contributed by atoms with van der Waals surface area (Å²) in [5.41, 5.74) is 7.56. The van der Waals surface area contributed by atoms with Crippen LogP contribution in [-0.4, -0.2) is 6.61 Å². The van der Waals surface area contributed by atoms with E-state index in [2.05, 4.69) is 0 Å². The van der Waals surface area contributed by atoms with E-state index in [1.165, 1.54) is 12.1 Å². The zero-order valence-electron chi connectivity index (χ0n) is 10.6. The van der Waals surface area contributed by atoms with Gasteiger partial charge in [-0.25, -0.2) is 4.39 Å². The van der Waals surface area contributed by atoms with E-state index in [9.17, 15) is 4.39 Å². The van der Waals surface area contributed by atoms with Crippen LogP contribution in [0.4, 0.5) is 4.39 Å². The van der Waals surface area contributed by atoms with E-state index in [0.29, 0.717) is 10.8 Å². The van der Waals surface area contributed by atoms with Gasteiger partial charge in [-0.1, -0.05) is 23.7 Å². The first kappa shape index (κ1) is 13.8. The van der Waals surface area contributed by atoms with Crippen molar-refractivity contribution in [1.82, 2.24) is 0 Å². The van der Waals surface area contributed by atoms with Gasteiger partial charge in [0, 0.05) is 5.02 Å². The summed E-state index contributed by atoms with van der Waals surface area (Å²) in [5.74, 6) is 0.365. The molecule has 0 amide bonds. The first-order valence-electron chi connectivity index (χ1n) is 5.95. The molecule has 0 aliphatic carbocycles. The quantitative estimate of drug-likeness (QED) is 0.922. The smallest absolute Gasteiger partial charge is 0.123 e. The average molecular weight is 280 g/mol. The molecule has 0 aliphatic rings. The number of rotatable bonds is 4. The van der Waals surface area contributed by atoms with E-state index in [0.717, 1.165) is 11.1 Å². The molecule has 2 nitrogen and oxygen atoms in total. The van der Waals surface area contributed by atoms with Crippen molar-refractivity contribution < 1.29 is 9.13 Å². The predicted octanol–water partition coefficient (Wildman–Crippen LogP) is 3.87. The Kier molecular flexibility index (Phi) is 4.40. The largest absolute Gasteiger partial charge is 0.492 e. The van der Waals surface area contributed by atoms with Crippen molar-refractivity contribution in [2.45, 2.75) is 13.0 Å². The molecule has 1 unspecified atom stereocenters. The highest BCUT2D eigenvalue weighted by Crippen LogP contribution is 2.20. The van der Waals surface area contributed by atoms with Crippen LogP contribution in [0.5, 0.6) is 5.75 Å². The highest BCUT2D eigenvalue weighted by Gasteiger charge is 2.09. The third kappa shape index (κ3) is 3.94. The maximum Gasteiger partial charge on any atom is 0.123 e. The van der Waals surface area contributed by atoms with E-state index in [1.54, 1.807) is 24.3 Å². The summed E-state index contributed by atoms with van der Waals surface area (Å²) >= 11 is 5.86. The summed E-state index contributed by atoms with van der Waals surface area (Å²) in [7, 11) is 0. The molecule has 1 atom stereocenters. The highest BCUT2D eigenvalue weighted by atomic mass is 35.5. The Bertz CT molecular complexity index is 554. The van der Waals surface area contributed by atoms with Crippen molar-refractivity contribution in [3.05, 3.63) is 64.4 Å². The van der Waals surface area contributed by atoms with Crippen LogP contribution in [0.1, 0.15) is 17.2 Å². The van der Waals surface area contributed by atoms with Gasteiger partial charge >= 0.3 is 0 Å². The molecule has 0 spiro atoms. The van der Waals surface area contributed by atoms with Crippen molar-refractivity contribution in [3.63, 3.8) is 0 Å². The van der Waals surface area contributed by atoms with Gasteiger partial charge in [-0.15, -0.1) is 0 Å². The molecule has 19 heavy (non-hydrogen) atoms. The predicted molar refractivity (Wildman–Crippen MR) is 75.0 cm³/mol. The minimum atomic E-state index is -0.381. The fourth-order valence-electron chi connectivity index (χ4n) is 1.82. The Morgan fingerprint density at radius 3 is 2.74 bits per heavy atom. The van der Waals surface area contributed by atoms with Crippen LogP contribution in [-0.2, 0) is 0 Å². The molecule has 0 saturated carbocycles. The molecule has 2 N–H and O–H groups in total. The minimum Gasteiger partial charge on any atom is -0.492 e. The molecule has 0 aromatic heterocycles. The summed E-state index contributed by atoms with van der Waals surface area (Å²) in [6, 6.07) is 11.5. The van der Waals surface area contributed by atoms with Gasteiger partial charge in [-0.2, -0.15) is 0 Å². The normalized spacial score (nSPS) is 12.2. The molecule has 0 fully saturated rings. The maximum atomic E-state index is 13.3. The Morgan fingerprint density at radius 1 is 1.26 bits per heavy atom. The van der Waals surface area contributed by atoms with Gasteiger partial charge in [0.25, 0.3) is 0 Å². The Hall–Kier alpha value is -1.58. The molecule has 100 valence electrons. The minimum absolute atomic E-state index is 0.267. The van der Waals surface area contributed by atoms with Crippen molar-refractivity contribution in [2.75, 3.05) is 6.61 Å². The Morgan fingerprint density at radius 2 is 2.05 bits per heavy atom. The lowest BCUT2D eigenvalue weighted by molar-refractivity contribution is 0.290. The summed E-state index contributed by atoms with van der Waals surface area (Å²) < 4.78 is 18.8. The van der Waals surface area contributed by atoms with Crippen LogP contribution in [0.25, 0.3) is 0 Å². The zero-order chi connectivity index (χ0) is 13.8. The number of benzene rings is 2. The molecule has 2 rings (SSSR count). The van der Waals surface area contributed by atoms with Crippen LogP contribution in [0.3, 0.4) is 0 Å². The lowest BCUT2D eigenvalue weighted by Gasteiger charge is -2.14. The average Bonchev–Trinajstić information content (AvgIpc) is 2.35. The fourth-order valence-corrected chi connectivity index (χ4v) is 2.00. The first-order valence-corrected chi connectivity index (χ1v) is 6.33. The van der Waals surface area contributed by atoms with Crippen molar-refractivity contribution >= 4 is 11.6 Å². The molecule has 0 radical (unpaired) electrons. The number of hydrogen-bond donors (Lipinski definition) is 1. The molecular weight excluding hydrogens is 265 g/mol. The fraction of sp³-hybridized carbons (Fsp3) is 0.200. The van der Waals surface area contributed by atoms with Crippen molar-refractivity contribution in [2.24, 2.45) is 5.73 Å². The molecule has 2 aromatic carbocycles. The molecular formula is C15H15ClFNO. The SMILES string of the molecule is Cc1cc(F)cc(C(N)COc2cccc(Cl)c2)c1. The summed E-state index contributed by atoms with van der Waals surface area (Å²) in [6.07, 6.45) is 0. The van der Waals surface area contributed by atoms with E-state index >= 15 is 0 Å². The van der Waals surface area contributed by atoms with Crippen molar-refractivity contribution in [3.8, 4) is 5.75 Å². The lowest BCUT2D eigenvalue weighted by atomic mass is 10.1. The Balaban J connectivity index is 2.03. The number of hydrogen-bond acceptors (Lipinski definition) is 2. The third-order valence-electron chi connectivity index (χ3n) is 2.72. The summed E-state index contributed by atoms with van der Waals surface area (Å²) in [5, 5.41) is 0.604. The van der Waals surface area contributed by atoms with E-state index in [1.807, 2.05) is 13.0 Å². The summed E-state index contributed by atoms with van der Waals surface area (Å²) in [6.45, 7) is 2.10. The topological polar surface area (TPSA) is 35.2 Å². The lowest BCUT2D eigenvalue weighted by Crippen LogP contribution is -2.19. The van der Waals surface area contributed by atoms with Gasteiger partial charge in [-0.05, 0) is 48.4 Å². The van der Waals surface area contributed by atoms with Gasteiger partial charge in [0.05, 0.1) is 6.04 Å². The second-order valence-electron chi connectivity index (χ2n) is 4.44. The second kappa shape index (κ2) is 6.04. The second-order valence-corrected chi connectivity index (χ2v) is 4.87. The van der Waals surface area contributed by atoms with Crippen LogP contribution in [0.15, 0.2) is 42.5 Å². The molecule has 0 aliphatic heterocycles. The first-order chi connectivity index (χ1) is 9.04. The van der Waals surface area contributed by atoms with Gasteiger partial charge < -0.3 is 10.5 Å². The highest BCUT2D eigenvalue weighted by molar-refractivity contribution is 6.30. The summed E-state index contributed by atoms with van der Waals surface area (Å²) in [4.78, 5) is 0. The number of aryl methyl sites for hydroxylation is 1. The standard InChI is InChI=1S/C15H15ClFNO/c1-10-5-11(7-13(17)6-10)15(18)9-19-14-4-2-3-12(16)8-14/h2-8,15H,9,18H2,1H3. The van der Waals surface area contributed by atoms with Crippen LogP contribution in [0, 0.1) is 12.7 Å². The van der Waals surface area contributed by atoms with Crippen molar-refractivity contribution in [1.29, 1.82) is 0 Å². The van der Waals surface area contributed by atoms with Crippen LogP contribution >= 0.6 is 11.6 Å². The van der Waals surface area contributed by atoms with Crippen LogP contribution in [0.2, 0.25) is 5.02 Å². The monoisotopic (exact) mass is 279 g/mol. The van der Waals surface area contributed by atoms with Gasteiger partial charge in [-0.3, -0.25) is 0 Å². The van der Waals surface area contributed by atoms with E-state index in [-0.39, 0.29) is 18.5 Å². The molecule has 0 saturated heterocycles. The number of halogens is 2.